The Bertz CT molecular complexity index is 728. The highest BCUT2D eigenvalue weighted by molar-refractivity contribution is 6.30. The molecule has 1 aliphatic rings. The number of aromatic nitrogens is 1. The van der Waals surface area contributed by atoms with E-state index in [9.17, 15) is 4.79 Å². The van der Waals surface area contributed by atoms with Crippen molar-refractivity contribution in [1.82, 2.24) is 10.3 Å². The lowest BCUT2D eigenvalue weighted by Gasteiger charge is -2.29. The molecule has 5 nitrogen and oxygen atoms in total. The Kier molecular flexibility index (Phi) is 6.34. The van der Waals surface area contributed by atoms with Gasteiger partial charge in [-0.3, -0.25) is 4.79 Å². The Morgan fingerprint density at radius 2 is 1.96 bits per heavy atom. The van der Waals surface area contributed by atoms with Crippen LogP contribution >= 0.6 is 11.6 Å². The first kappa shape index (κ1) is 18.5. The number of rotatable bonds is 6. The molecule has 1 N–H and O–H groups in total. The highest BCUT2D eigenvalue weighted by Crippen LogP contribution is 2.23. The van der Waals surface area contributed by atoms with Gasteiger partial charge in [-0.15, -0.1) is 0 Å². The van der Waals surface area contributed by atoms with Gasteiger partial charge >= 0.3 is 0 Å². The number of hydrogen-bond acceptors (Lipinski definition) is 4. The molecule has 138 valence electrons. The molecule has 3 rings (SSSR count). The molecule has 26 heavy (non-hydrogen) atoms. The normalized spacial score (nSPS) is 19.6. The number of hydrogen-bond donors (Lipinski definition) is 1. The first-order chi connectivity index (χ1) is 12.6. The highest BCUT2D eigenvalue weighted by atomic mass is 35.5. The number of aryl methyl sites for hydroxylation is 1. The maximum absolute atomic E-state index is 12.1. The summed E-state index contributed by atoms with van der Waals surface area (Å²) >= 11 is 5.83. The van der Waals surface area contributed by atoms with E-state index in [4.69, 9.17) is 21.1 Å². The zero-order valence-electron chi connectivity index (χ0n) is 14.8. The Morgan fingerprint density at radius 1 is 1.19 bits per heavy atom. The molecule has 1 fully saturated rings. The van der Waals surface area contributed by atoms with Gasteiger partial charge in [-0.05, 0) is 50.3 Å². The van der Waals surface area contributed by atoms with Crippen LogP contribution in [0.15, 0.2) is 42.6 Å². The van der Waals surface area contributed by atoms with Crippen LogP contribution in [0.4, 0.5) is 0 Å². The summed E-state index contributed by atoms with van der Waals surface area (Å²) in [6.45, 7) is 2.00. The number of ether oxygens (including phenoxy) is 2. The quantitative estimate of drug-likeness (QED) is 0.832. The van der Waals surface area contributed by atoms with Crippen molar-refractivity contribution in [1.29, 1.82) is 0 Å². The second-order valence-corrected chi connectivity index (χ2v) is 6.96. The first-order valence-electron chi connectivity index (χ1n) is 8.86. The minimum Gasteiger partial charge on any atom is -0.484 e. The molecule has 2 aromatic rings. The SMILES string of the molecule is Cc1ccccc1OCC(=O)NC1CCC(Oc2ccc(Cl)cn2)CC1. The van der Waals surface area contributed by atoms with Gasteiger partial charge in [0.15, 0.2) is 6.61 Å². The summed E-state index contributed by atoms with van der Waals surface area (Å²) in [4.78, 5) is 16.3. The van der Waals surface area contributed by atoms with Gasteiger partial charge in [-0.2, -0.15) is 0 Å². The molecule has 0 spiro atoms. The molecule has 0 radical (unpaired) electrons. The zero-order chi connectivity index (χ0) is 18.4. The topological polar surface area (TPSA) is 60.5 Å². The summed E-state index contributed by atoms with van der Waals surface area (Å²) in [7, 11) is 0. The molecule has 0 atom stereocenters. The van der Waals surface area contributed by atoms with Crippen molar-refractivity contribution in [2.45, 2.75) is 44.8 Å². The van der Waals surface area contributed by atoms with Crippen molar-refractivity contribution in [2.24, 2.45) is 0 Å². The number of amides is 1. The second-order valence-electron chi connectivity index (χ2n) is 6.53. The summed E-state index contributed by atoms with van der Waals surface area (Å²) in [6.07, 6.45) is 5.24. The Balaban J connectivity index is 1.38. The number of carbonyl (C=O) groups is 1. The molecule has 6 heteroatoms. The maximum atomic E-state index is 12.1. The molecule has 1 heterocycles. The number of para-hydroxylation sites is 1. The smallest absolute Gasteiger partial charge is 0.258 e. The third-order valence-corrected chi connectivity index (χ3v) is 4.70. The fourth-order valence-electron chi connectivity index (χ4n) is 3.06. The summed E-state index contributed by atoms with van der Waals surface area (Å²) in [5, 5.41) is 3.64. The molecule has 1 aromatic heterocycles. The fourth-order valence-corrected chi connectivity index (χ4v) is 3.17. The van der Waals surface area contributed by atoms with E-state index in [0.29, 0.717) is 10.9 Å². The van der Waals surface area contributed by atoms with Gasteiger partial charge in [0.1, 0.15) is 11.9 Å². The van der Waals surface area contributed by atoms with E-state index in [1.165, 1.54) is 0 Å². The lowest BCUT2D eigenvalue weighted by atomic mass is 9.93. The van der Waals surface area contributed by atoms with Crippen molar-refractivity contribution in [2.75, 3.05) is 6.61 Å². The highest BCUT2D eigenvalue weighted by Gasteiger charge is 2.24. The summed E-state index contributed by atoms with van der Waals surface area (Å²) < 4.78 is 11.5. The lowest BCUT2D eigenvalue weighted by molar-refractivity contribution is -0.124. The molecule has 0 unspecified atom stereocenters. The van der Waals surface area contributed by atoms with Crippen LogP contribution in [-0.2, 0) is 4.79 Å². The monoisotopic (exact) mass is 374 g/mol. The van der Waals surface area contributed by atoms with Gasteiger partial charge in [0.2, 0.25) is 5.88 Å². The predicted molar refractivity (Wildman–Crippen MR) is 101 cm³/mol. The van der Waals surface area contributed by atoms with Gasteiger partial charge in [0, 0.05) is 18.3 Å². The Morgan fingerprint density at radius 3 is 2.65 bits per heavy atom. The number of pyridine rings is 1. The maximum Gasteiger partial charge on any atom is 0.258 e. The summed E-state index contributed by atoms with van der Waals surface area (Å²) in [6, 6.07) is 11.4. The molecule has 1 aromatic carbocycles. The summed E-state index contributed by atoms with van der Waals surface area (Å²) in [5.41, 5.74) is 1.02. The van der Waals surface area contributed by atoms with E-state index in [2.05, 4.69) is 10.3 Å². The van der Waals surface area contributed by atoms with Crippen molar-refractivity contribution < 1.29 is 14.3 Å². The van der Waals surface area contributed by atoms with Crippen LogP contribution in [-0.4, -0.2) is 29.6 Å². The van der Waals surface area contributed by atoms with Crippen LogP contribution in [0.3, 0.4) is 0 Å². The molecule has 0 saturated heterocycles. The van der Waals surface area contributed by atoms with Crippen LogP contribution in [0.5, 0.6) is 11.6 Å². The molecule has 0 aliphatic heterocycles. The lowest BCUT2D eigenvalue weighted by Crippen LogP contribution is -2.41. The van der Waals surface area contributed by atoms with Crippen molar-refractivity contribution >= 4 is 17.5 Å². The Hall–Kier alpha value is -2.27. The molecule has 1 saturated carbocycles. The minimum atomic E-state index is -0.0861. The van der Waals surface area contributed by atoms with Crippen LogP contribution in [0.25, 0.3) is 0 Å². The van der Waals surface area contributed by atoms with Crippen LogP contribution < -0.4 is 14.8 Å². The van der Waals surface area contributed by atoms with E-state index in [0.717, 1.165) is 37.0 Å². The molecule has 1 aliphatic carbocycles. The number of carbonyl (C=O) groups excluding carboxylic acids is 1. The number of nitrogens with zero attached hydrogens (tertiary/aromatic N) is 1. The van der Waals surface area contributed by atoms with E-state index < -0.39 is 0 Å². The minimum absolute atomic E-state index is 0.0377. The van der Waals surface area contributed by atoms with Gasteiger partial charge in [-0.25, -0.2) is 4.98 Å². The van der Waals surface area contributed by atoms with Crippen molar-refractivity contribution in [3.63, 3.8) is 0 Å². The second kappa shape index (κ2) is 8.90. The molecule has 0 bridgehead atoms. The number of nitrogens with one attached hydrogen (secondary N) is 1. The van der Waals surface area contributed by atoms with E-state index in [-0.39, 0.29) is 24.7 Å². The predicted octanol–water partition coefficient (Wildman–Crippen LogP) is 3.93. The third-order valence-electron chi connectivity index (χ3n) is 4.48. The average molecular weight is 375 g/mol. The summed E-state index contributed by atoms with van der Waals surface area (Å²) in [5.74, 6) is 1.25. The average Bonchev–Trinajstić information content (AvgIpc) is 2.64. The van der Waals surface area contributed by atoms with E-state index in [1.54, 1.807) is 18.3 Å². The van der Waals surface area contributed by atoms with Crippen LogP contribution in [0.2, 0.25) is 5.02 Å². The third kappa shape index (κ3) is 5.36. The van der Waals surface area contributed by atoms with Gasteiger partial charge < -0.3 is 14.8 Å². The standard InChI is InChI=1S/C20H23ClN2O3/c1-14-4-2-3-5-18(14)25-13-19(24)23-16-7-9-17(10-8-16)26-20-11-6-15(21)12-22-20/h2-6,11-12,16-17H,7-10,13H2,1H3,(H,23,24). The zero-order valence-corrected chi connectivity index (χ0v) is 15.5. The van der Waals surface area contributed by atoms with E-state index >= 15 is 0 Å². The number of benzene rings is 1. The first-order valence-corrected chi connectivity index (χ1v) is 9.24. The van der Waals surface area contributed by atoms with Crippen LogP contribution in [0, 0.1) is 6.92 Å². The van der Waals surface area contributed by atoms with Gasteiger partial charge in [0.25, 0.3) is 5.91 Å². The molecular formula is C20H23ClN2O3. The Labute approximate surface area is 158 Å². The van der Waals surface area contributed by atoms with E-state index in [1.807, 2.05) is 31.2 Å². The largest absolute Gasteiger partial charge is 0.484 e. The van der Waals surface area contributed by atoms with Gasteiger partial charge in [0.05, 0.1) is 5.02 Å². The molecular weight excluding hydrogens is 352 g/mol. The van der Waals surface area contributed by atoms with Crippen molar-refractivity contribution in [3.05, 3.63) is 53.2 Å². The fraction of sp³-hybridized carbons (Fsp3) is 0.400. The van der Waals surface area contributed by atoms with Crippen molar-refractivity contribution in [3.8, 4) is 11.6 Å². The van der Waals surface area contributed by atoms with Crippen LogP contribution in [0.1, 0.15) is 31.2 Å². The molecule has 1 amide bonds. The number of halogens is 1. The van der Waals surface area contributed by atoms with Gasteiger partial charge in [-0.1, -0.05) is 29.8 Å².